The normalized spacial score (nSPS) is 12.4. The van der Waals surface area contributed by atoms with E-state index in [1.54, 1.807) is 28.7 Å². The highest BCUT2D eigenvalue weighted by atomic mass is 32.1. The van der Waals surface area contributed by atoms with Gasteiger partial charge in [-0.1, -0.05) is 36.4 Å². The van der Waals surface area contributed by atoms with Crippen LogP contribution in [-0.2, 0) is 4.79 Å². The smallest absolute Gasteiger partial charge is 0.244 e. The van der Waals surface area contributed by atoms with Crippen LogP contribution in [0, 0.1) is 0 Å². The van der Waals surface area contributed by atoms with Gasteiger partial charge in [0.15, 0.2) is 0 Å². The highest BCUT2D eigenvalue weighted by Crippen LogP contribution is 2.25. The second-order valence-corrected chi connectivity index (χ2v) is 6.52. The van der Waals surface area contributed by atoms with Crippen LogP contribution in [0.4, 0.5) is 0 Å². The summed E-state index contributed by atoms with van der Waals surface area (Å²) in [5, 5.41) is 9.12. The Kier molecular flexibility index (Phi) is 4.83. The van der Waals surface area contributed by atoms with E-state index in [4.69, 9.17) is 0 Å². The Morgan fingerprint density at radius 2 is 1.91 bits per heavy atom. The number of amides is 1. The molecule has 2 heterocycles. The van der Waals surface area contributed by atoms with Crippen LogP contribution in [0.3, 0.4) is 0 Å². The van der Waals surface area contributed by atoms with Crippen LogP contribution in [0.5, 0.6) is 0 Å². The topological polar surface area (TPSA) is 29.1 Å². The Morgan fingerprint density at radius 1 is 1.05 bits per heavy atom. The fraction of sp³-hybridized carbons (Fsp3) is 0.0556. The number of hydrogen-bond donors (Lipinski definition) is 1. The molecule has 0 radical (unpaired) electrons. The molecule has 0 fully saturated rings. The average Bonchev–Trinajstić information content (AvgIpc) is 3.25. The summed E-state index contributed by atoms with van der Waals surface area (Å²) in [6.07, 6.45) is 3.42. The zero-order valence-corrected chi connectivity index (χ0v) is 13.4. The van der Waals surface area contributed by atoms with Crippen molar-refractivity contribution in [3.8, 4) is 0 Å². The van der Waals surface area contributed by atoms with E-state index >= 15 is 0 Å². The Balaban J connectivity index is 1.77. The van der Waals surface area contributed by atoms with Gasteiger partial charge in [0.05, 0.1) is 6.04 Å². The second-order valence-electron chi connectivity index (χ2n) is 4.76. The van der Waals surface area contributed by atoms with Crippen LogP contribution in [0.25, 0.3) is 6.08 Å². The van der Waals surface area contributed by atoms with E-state index in [1.165, 1.54) is 0 Å². The minimum Gasteiger partial charge on any atom is -0.341 e. The Hall–Kier alpha value is -2.17. The average molecular weight is 325 g/mol. The van der Waals surface area contributed by atoms with Gasteiger partial charge < -0.3 is 5.32 Å². The third-order valence-electron chi connectivity index (χ3n) is 3.22. The van der Waals surface area contributed by atoms with Crippen molar-refractivity contribution in [1.82, 2.24) is 5.32 Å². The molecule has 0 spiro atoms. The van der Waals surface area contributed by atoms with Crippen molar-refractivity contribution < 1.29 is 4.79 Å². The molecule has 0 aliphatic carbocycles. The van der Waals surface area contributed by atoms with E-state index in [2.05, 4.69) is 5.32 Å². The van der Waals surface area contributed by atoms with Crippen LogP contribution in [0.2, 0.25) is 0 Å². The molecule has 0 bridgehead atoms. The first-order valence-electron chi connectivity index (χ1n) is 6.92. The molecule has 0 saturated carbocycles. The summed E-state index contributed by atoms with van der Waals surface area (Å²) in [7, 11) is 0. The quantitative estimate of drug-likeness (QED) is 0.675. The minimum absolute atomic E-state index is 0.0894. The van der Waals surface area contributed by atoms with Gasteiger partial charge in [0.25, 0.3) is 0 Å². The van der Waals surface area contributed by atoms with Crippen molar-refractivity contribution in [3.63, 3.8) is 0 Å². The number of thiophene rings is 2. The van der Waals surface area contributed by atoms with Gasteiger partial charge in [-0.15, -0.1) is 11.3 Å². The SMILES string of the molecule is O=C(/C=C\c1ccsc1)N[C@H](c1ccccc1)c1cccs1. The summed E-state index contributed by atoms with van der Waals surface area (Å²) >= 11 is 3.27. The molecule has 3 rings (SSSR count). The van der Waals surface area contributed by atoms with Gasteiger partial charge in [0.2, 0.25) is 5.91 Å². The fourth-order valence-electron chi connectivity index (χ4n) is 2.15. The molecule has 0 aliphatic rings. The summed E-state index contributed by atoms with van der Waals surface area (Å²) in [5.74, 6) is -0.0894. The van der Waals surface area contributed by atoms with Gasteiger partial charge in [-0.05, 0) is 45.5 Å². The Bertz CT molecular complexity index is 731. The van der Waals surface area contributed by atoms with Crippen LogP contribution in [0.1, 0.15) is 22.0 Å². The molecule has 1 atom stereocenters. The van der Waals surface area contributed by atoms with Gasteiger partial charge in [0.1, 0.15) is 0 Å². The molecule has 2 nitrogen and oxygen atoms in total. The van der Waals surface area contributed by atoms with E-state index in [-0.39, 0.29) is 11.9 Å². The predicted molar refractivity (Wildman–Crippen MR) is 94.1 cm³/mol. The molecule has 0 unspecified atom stereocenters. The summed E-state index contributed by atoms with van der Waals surface area (Å²) in [6.45, 7) is 0. The standard InChI is InChI=1S/C18H15NOS2/c20-17(9-8-14-10-12-21-13-14)19-18(16-7-4-11-22-16)15-5-2-1-3-6-15/h1-13,18H,(H,19,20)/b9-8-/t18-/m1/s1. The number of rotatable bonds is 5. The number of benzene rings is 1. The molecule has 2 aromatic heterocycles. The lowest BCUT2D eigenvalue weighted by Crippen LogP contribution is -2.27. The monoisotopic (exact) mass is 325 g/mol. The maximum Gasteiger partial charge on any atom is 0.244 e. The van der Waals surface area contributed by atoms with E-state index in [1.807, 2.05) is 70.7 Å². The number of carbonyl (C=O) groups excluding carboxylic acids is 1. The zero-order chi connectivity index (χ0) is 15.2. The van der Waals surface area contributed by atoms with E-state index in [0.29, 0.717) is 0 Å². The van der Waals surface area contributed by atoms with Crippen LogP contribution in [0.15, 0.2) is 70.7 Å². The highest BCUT2D eigenvalue weighted by molar-refractivity contribution is 7.10. The first-order valence-corrected chi connectivity index (χ1v) is 8.74. The molecule has 3 aromatic rings. The summed E-state index contributed by atoms with van der Waals surface area (Å²) in [4.78, 5) is 13.4. The van der Waals surface area contributed by atoms with E-state index < -0.39 is 0 Å². The molecule has 22 heavy (non-hydrogen) atoms. The minimum atomic E-state index is -0.110. The van der Waals surface area contributed by atoms with Gasteiger partial charge >= 0.3 is 0 Å². The van der Waals surface area contributed by atoms with Crippen molar-refractivity contribution in [1.29, 1.82) is 0 Å². The first kappa shape index (κ1) is 14.8. The molecule has 4 heteroatoms. The highest BCUT2D eigenvalue weighted by Gasteiger charge is 2.16. The molecule has 0 aliphatic heterocycles. The van der Waals surface area contributed by atoms with Gasteiger partial charge in [0, 0.05) is 11.0 Å². The van der Waals surface area contributed by atoms with Gasteiger partial charge in [-0.3, -0.25) is 4.79 Å². The molecule has 1 amide bonds. The van der Waals surface area contributed by atoms with E-state index in [9.17, 15) is 4.79 Å². The predicted octanol–water partition coefficient (Wildman–Crippen LogP) is 4.73. The van der Waals surface area contributed by atoms with E-state index in [0.717, 1.165) is 16.0 Å². The largest absolute Gasteiger partial charge is 0.341 e. The van der Waals surface area contributed by atoms with Crippen LogP contribution >= 0.6 is 22.7 Å². The number of hydrogen-bond acceptors (Lipinski definition) is 3. The zero-order valence-electron chi connectivity index (χ0n) is 11.8. The third kappa shape index (κ3) is 3.72. The Morgan fingerprint density at radius 3 is 2.59 bits per heavy atom. The van der Waals surface area contributed by atoms with Crippen LogP contribution in [-0.4, -0.2) is 5.91 Å². The maximum absolute atomic E-state index is 12.2. The maximum atomic E-state index is 12.2. The van der Waals surface area contributed by atoms with Crippen molar-refractivity contribution in [2.45, 2.75) is 6.04 Å². The van der Waals surface area contributed by atoms with Crippen molar-refractivity contribution in [2.24, 2.45) is 0 Å². The van der Waals surface area contributed by atoms with Crippen molar-refractivity contribution in [3.05, 3.63) is 86.8 Å². The molecule has 1 aromatic carbocycles. The van der Waals surface area contributed by atoms with Gasteiger partial charge in [-0.2, -0.15) is 11.3 Å². The Labute approximate surface area is 137 Å². The lowest BCUT2D eigenvalue weighted by molar-refractivity contribution is -0.116. The summed E-state index contributed by atoms with van der Waals surface area (Å²) in [5.41, 5.74) is 2.13. The third-order valence-corrected chi connectivity index (χ3v) is 4.86. The molecular weight excluding hydrogens is 310 g/mol. The van der Waals surface area contributed by atoms with Crippen molar-refractivity contribution >= 4 is 34.7 Å². The lowest BCUT2D eigenvalue weighted by Gasteiger charge is -2.17. The molecular formula is C18H15NOS2. The molecule has 110 valence electrons. The summed E-state index contributed by atoms with van der Waals surface area (Å²) in [6, 6.07) is 16.0. The van der Waals surface area contributed by atoms with Crippen molar-refractivity contribution in [2.75, 3.05) is 0 Å². The number of nitrogens with one attached hydrogen (secondary N) is 1. The number of carbonyl (C=O) groups is 1. The van der Waals surface area contributed by atoms with Crippen LogP contribution < -0.4 is 5.32 Å². The first-order chi connectivity index (χ1) is 10.8. The lowest BCUT2D eigenvalue weighted by atomic mass is 10.1. The fourth-order valence-corrected chi connectivity index (χ4v) is 3.58. The van der Waals surface area contributed by atoms with Gasteiger partial charge in [-0.25, -0.2) is 0 Å². The molecule has 1 N–H and O–H groups in total. The molecule has 0 saturated heterocycles. The summed E-state index contributed by atoms with van der Waals surface area (Å²) < 4.78 is 0. The second kappa shape index (κ2) is 7.20.